The summed E-state index contributed by atoms with van der Waals surface area (Å²) in [4.78, 5) is 3.82. The summed E-state index contributed by atoms with van der Waals surface area (Å²) in [6.07, 6.45) is 3.04. The number of oxazole rings is 1. The largest absolute Gasteiger partial charge is 0.444 e. The molecule has 1 aromatic heterocycles. The summed E-state index contributed by atoms with van der Waals surface area (Å²) in [6, 6.07) is 7.53. The van der Waals surface area contributed by atoms with Crippen LogP contribution in [-0.2, 0) is 6.61 Å². The number of aromatic nitrogens is 1. The zero-order valence-corrected chi connectivity index (χ0v) is 6.97. The third-order valence-corrected chi connectivity index (χ3v) is 1.83. The molecular weight excluding hydrogens is 166 g/mol. The van der Waals surface area contributed by atoms with Gasteiger partial charge in [-0.3, -0.25) is 0 Å². The van der Waals surface area contributed by atoms with Gasteiger partial charge in [0.2, 0.25) is 0 Å². The minimum Gasteiger partial charge on any atom is -0.444 e. The molecule has 0 atom stereocenters. The lowest BCUT2D eigenvalue weighted by atomic mass is 10.1. The van der Waals surface area contributed by atoms with E-state index >= 15 is 0 Å². The van der Waals surface area contributed by atoms with Crippen LogP contribution >= 0.6 is 0 Å². The molecule has 13 heavy (non-hydrogen) atoms. The first-order chi connectivity index (χ1) is 6.40. The van der Waals surface area contributed by atoms with Gasteiger partial charge < -0.3 is 9.52 Å². The van der Waals surface area contributed by atoms with E-state index in [4.69, 9.17) is 9.52 Å². The van der Waals surface area contributed by atoms with E-state index in [2.05, 4.69) is 4.98 Å². The predicted molar refractivity (Wildman–Crippen MR) is 47.9 cm³/mol. The van der Waals surface area contributed by atoms with Crippen molar-refractivity contribution < 1.29 is 9.52 Å². The van der Waals surface area contributed by atoms with Crippen molar-refractivity contribution in [1.82, 2.24) is 4.98 Å². The standard InChI is InChI=1S/C10H9NO2/c12-6-8-2-1-3-9(4-8)10-5-11-7-13-10/h1-5,7,12H,6H2. The quantitative estimate of drug-likeness (QED) is 0.757. The number of aliphatic hydroxyl groups excluding tert-OH is 1. The number of hydrogen-bond acceptors (Lipinski definition) is 3. The summed E-state index contributed by atoms with van der Waals surface area (Å²) >= 11 is 0. The van der Waals surface area contributed by atoms with Crippen LogP contribution in [0.15, 0.2) is 41.3 Å². The Morgan fingerprint density at radius 2 is 2.31 bits per heavy atom. The van der Waals surface area contributed by atoms with Crippen LogP contribution in [0.2, 0.25) is 0 Å². The van der Waals surface area contributed by atoms with Crippen LogP contribution in [0.5, 0.6) is 0 Å². The molecule has 0 unspecified atom stereocenters. The van der Waals surface area contributed by atoms with Crippen LogP contribution in [0, 0.1) is 0 Å². The van der Waals surface area contributed by atoms with E-state index in [0.717, 1.165) is 16.9 Å². The zero-order valence-electron chi connectivity index (χ0n) is 6.97. The second kappa shape index (κ2) is 3.41. The van der Waals surface area contributed by atoms with Gasteiger partial charge in [-0.1, -0.05) is 18.2 Å². The Morgan fingerprint density at radius 3 is 3.00 bits per heavy atom. The summed E-state index contributed by atoms with van der Waals surface area (Å²) in [5.41, 5.74) is 1.80. The Kier molecular flexibility index (Phi) is 2.10. The first-order valence-electron chi connectivity index (χ1n) is 3.99. The van der Waals surface area contributed by atoms with E-state index in [9.17, 15) is 0 Å². The third kappa shape index (κ3) is 1.60. The van der Waals surface area contributed by atoms with E-state index in [1.165, 1.54) is 6.39 Å². The highest BCUT2D eigenvalue weighted by Gasteiger charge is 2.00. The SMILES string of the molecule is OCc1cccc(-c2cnco2)c1. The molecule has 2 aromatic rings. The Labute approximate surface area is 75.7 Å². The maximum absolute atomic E-state index is 8.91. The van der Waals surface area contributed by atoms with Crippen LogP contribution in [0.25, 0.3) is 11.3 Å². The molecular formula is C10H9NO2. The number of nitrogens with zero attached hydrogens (tertiary/aromatic N) is 1. The smallest absolute Gasteiger partial charge is 0.181 e. The van der Waals surface area contributed by atoms with Crippen molar-refractivity contribution in [1.29, 1.82) is 0 Å². The highest BCUT2D eigenvalue weighted by Crippen LogP contribution is 2.19. The number of aliphatic hydroxyl groups is 1. The summed E-state index contributed by atoms with van der Waals surface area (Å²) in [5, 5.41) is 8.91. The first-order valence-corrected chi connectivity index (χ1v) is 3.99. The van der Waals surface area contributed by atoms with Crippen molar-refractivity contribution in [3.05, 3.63) is 42.4 Å². The molecule has 0 bridgehead atoms. The van der Waals surface area contributed by atoms with Gasteiger partial charge in [0.15, 0.2) is 12.2 Å². The summed E-state index contributed by atoms with van der Waals surface area (Å²) in [7, 11) is 0. The van der Waals surface area contributed by atoms with Crippen molar-refractivity contribution in [3.8, 4) is 11.3 Å². The molecule has 3 heteroatoms. The fourth-order valence-corrected chi connectivity index (χ4v) is 1.18. The molecule has 2 rings (SSSR count). The van der Waals surface area contributed by atoms with Crippen molar-refractivity contribution >= 4 is 0 Å². The normalized spacial score (nSPS) is 10.2. The molecule has 0 spiro atoms. The molecule has 0 radical (unpaired) electrons. The molecule has 1 N–H and O–H groups in total. The lowest BCUT2D eigenvalue weighted by Crippen LogP contribution is -1.82. The fraction of sp³-hybridized carbons (Fsp3) is 0.100. The second-order valence-electron chi connectivity index (χ2n) is 2.72. The van der Waals surface area contributed by atoms with Crippen molar-refractivity contribution in [3.63, 3.8) is 0 Å². The predicted octanol–water partition coefficient (Wildman–Crippen LogP) is 1.83. The Bertz CT molecular complexity index is 382. The van der Waals surface area contributed by atoms with E-state index in [0.29, 0.717) is 0 Å². The number of hydrogen-bond donors (Lipinski definition) is 1. The van der Waals surface area contributed by atoms with Crippen molar-refractivity contribution in [2.24, 2.45) is 0 Å². The zero-order chi connectivity index (χ0) is 9.10. The molecule has 1 aromatic carbocycles. The monoisotopic (exact) mass is 175 g/mol. The molecule has 0 amide bonds. The summed E-state index contributed by atoms with van der Waals surface area (Å²) in [5.74, 6) is 0.718. The number of benzene rings is 1. The lowest BCUT2D eigenvalue weighted by molar-refractivity contribution is 0.282. The highest BCUT2D eigenvalue weighted by molar-refractivity contribution is 5.56. The van der Waals surface area contributed by atoms with Gasteiger partial charge in [-0.15, -0.1) is 0 Å². The molecule has 1 heterocycles. The van der Waals surface area contributed by atoms with Crippen molar-refractivity contribution in [2.75, 3.05) is 0 Å². The minimum absolute atomic E-state index is 0.0436. The maximum atomic E-state index is 8.91. The summed E-state index contributed by atoms with van der Waals surface area (Å²) in [6.45, 7) is 0.0436. The molecule has 0 aliphatic heterocycles. The van der Waals surface area contributed by atoms with Gasteiger partial charge in [-0.25, -0.2) is 4.98 Å². The van der Waals surface area contributed by atoms with E-state index in [1.807, 2.05) is 24.3 Å². The van der Waals surface area contributed by atoms with Gasteiger partial charge >= 0.3 is 0 Å². The van der Waals surface area contributed by atoms with E-state index < -0.39 is 0 Å². The first kappa shape index (κ1) is 8.01. The molecule has 66 valence electrons. The topological polar surface area (TPSA) is 46.3 Å². The fourth-order valence-electron chi connectivity index (χ4n) is 1.18. The molecule has 0 aliphatic rings. The molecule has 3 nitrogen and oxygen atoms in total. The maximum Gasteiger partial charge on any atom is 0.181 e. The third-order valence-electron chi connectivity index (χ3n) is 1.83. The minimum atomic E-state index is 0.0436. The van der Waals surface area contributed by atoms with Crippen LogP contribution in [0.1, 0.15) is 5.56 Å². The van der Waals surface area contributed by atoms with Gasteiger partial charge in [-0.2, -0.15) is 0 Å². The average molecular weight is 175 g/mol. The van der Waals surface area contributed by atoms with Gasteiger partial charge in [0.25, 0.3) is 0 Å². The van der Waals surface area contributed by atoms with Crippen LogP contribution in [-0.4, -0.2) is 10.1 Å². The highest BCUT2D eigenvalue weighted by atomic mass is 16.3. The van der Waals surface area contributed by atoms with Gasteiger partial charge in [0.05, 0.1) is 12.8 Å². The lowest BCUT2D eigenvalue weighted by Gasteiger charge is -1.98. The number of rotatable bonds is 2. The average Bonchev–Trinajstić information content (AvgIpc) is 2.71. The van der Waals surface area contributed by atoms with E-state index in [1.54, 1.807) is 6.20 Å². The van der Waals surface area contributed by atoms with Crippen LogP contribution in [0.3, 0.4) is 0 Å². The molecule has 0 aliphatic carbocycles. The summed E-state index contributed by atoms with van der Waals surface area (Å²) < 4.78 is 5.13. The van der Waals surface area contributed by atoms with Gasteiger partial charge in [-0.05, 0) is 11.6 Å². The van der Waals surface area contributed by atoms with E-state index in [-0.39, 0.29) is 6.61 Å². The molecule has 0 saturated carbocycles. The molecule has 0 saturated heterocycles. The van der Waals surface area contributed by atoms with Crippen molar-refractivity contribution in [2.45, 2.75) is 6.61 Å². The Hall–Kier alpha value is -1.61. The van der Waals surface area contributed by atoms with Gasteiger partial charge in [0, 0.05) is 5.56 Å². The Balaban J connectivity index is 2.41. The van der Waals surface area contributed by atoms with Crippen LogP contribution < -0.4 is 0 Å². The Morgan fingerprint density at radius 1 is 1.38 bits per heavy atom. The second-order valence-corrected chi connectivity index (χ2v) is 2.72. The van der Waals surface area contributed by atoms with Gasteiger partial charge in [0.1, 0.15) is 0 Å². The van der Waals surface area contributed by atoms with Crippen LogP contribution in [0.4, 0.5) is 0 Å². The molecule has 0 fully saturated rings.